The topological polar surface area (TPSA) is 64.1 Å². The van der Waals surface area contributed by atoms with Crippen LogP contribution in [0.1, 0.15) is 10.4 Å². The molecule has 4 aromatic rings. The van der Waals surface area contributed by atoms with Gasteiger partial charge in [-0.2, -0.15) is 0 Å². The number of carbonyl (C=O) groups excluding carboxylic acids is 1. The summed E-state index contributed by atoms with van der Waals surface area (Å²) in [6.07, 6.45) is 3.52. The van der Waals surface area contributed by atoms with Crippen LogP contribution < -0.4 is 10.1 Å². The van der Waals surface area contributed by atoms with Gasteiger partial charge in [-0.25, -0.2) is 4.98 Å². The normalized spacial score (nSPS) is 10.6. The van der Waals surface area contributed by atoms with E-state index in [9.17, 15) is 4.79 Å². The van der Waals surface area contributed by atoms with Crippen LogP contribution in [0, 0.1) is 0 Å². The van der Waals surface area contributed by atoms with Gasteiger partial charge in [-0.15, -0.1) is 11.3 Å². The Morgan fingerprint density at radius 2 is 1.97 bits per heavy atom. The molecule has 0 aliphatic heterocycles. The Morgan fingerprint density at radius 1 is 1.10 bits per heavy atom. The molecule has 0 aliphatic rings. The van der Waals surface area contributed by atoms with Crippen LogP contribution in [0.5, 0.6) is 5.75 Å². The van der Waals surface area contributed by atoms with E-state index >= 15 is 0 Å². The number of hydrogen-bond acceptors (Lipinski definition) is 5. The van der Waals surface area contributed by atoms with E-state index in [0.717, 1.165) is 21.8 Å². The van der Waals surface area contributed by atoms with Gasteiger partial charge >= 0.3 is 0 Å². The van der Waals surface area contributed by atoms with Gasteiger partial charge in [-0.05, 0) is 42.5 Å². The first-order valence-electron chi connectivity index (χ1n) is 8.75. The van der Waals surface area contributed by atoms with Gasteiger partial charge in [-0.1, -0.05) is 23.7 Å². The Hall–Kier alpha value is -3.22. The maximum atomic E-state index is 12.7. The summed E-state index contributed by atoms with van der Waals surface area (Å²) in [5.41, 5.74) is 3.75. The molecule has 144 valence electrons. The number of thiazole rings is 1. The Kier molecular flexibility index (Phi) is 5.55. The molecule has 2 heterocycles. The highest BCUT2D eigenvalue weighted by atomic mass is 35.5. The van der Waals surface area contributed by atoms with Gasteiger partial charge in [-0.3, -0.25) is 9.78 Å². The molecule has 1 N–H and O–H groups in total. The maximum Gasteiger partial charge on any atom is 0.259 e. The van der Waals surface area contributed by atoms with Crippen molar-refractivity contribution >= 4 is 34.5 Å². The fourth-order valence-corrected chi connectivity index (χ4v) is 3.83. The van der Waals surface area contributed by atoms with E-state index in [-0.39, 0.29) is 5.91 Å². The predicted octanol–water partition coefficient (Wildman–Crippen LogP) is 5.79. The molecule has 0 saturated carbocycles. The summed E-state index contributed by atoms with van der Waals surface area (Å²) in [6.45, 7) is 0. The number of nitrogens with one attached hydrogen (secondary N) is 1. The highest BCUT2D eigenvalue weighted by Crippen LogP contribution is 2.30. The molecule has 5 nitrogen and oxygen atoms in total. The fourth-order valence-electron chi connectivity index (χ4n) is 2.84. The lowest BCUT2D eigenvalue weighted by Gasteiger charge is -2.10. The first kappa shape index (κ1) is 19.1. The third-order valence-corrected chi connectivity index (χ3v) is 5.36. The number of hydrogen-bond donors (Lipinski definition) is 1. The van der Waals surface area contributed by atoms with Crippen LogP contribution in [0.3, 0.4) is 0 Å². The number of carbonyl (C=O) groups is 1. The number of nitrogens with zero attached hydrogens (tertiary/aromatic N) is 2. The first-order chi connectivity index (χ1) is 14.1. The molecule has 2 aromatic carbocycles. The average Bonchev–Trinajstić information content (AvgIpc) is 3.25. The molecule has 7 heteroatoms. The van der Waals surface area contributed by atoms with Crippen molar-refractivity contribution in [1.29, 1.82) is 0 Å². The van der Waals surface area contributed by atoms with Gasteiger partial charge < -0.3 is 10.1 Å². The van der Waals surface area contributed by atoms with Crippen LogP contribution in [0.2, 0.25) is 5.02 Å². The molecule has 0 radical (unpaired) electrons. The minimum Gasteiger partial charge on any atom is -0.496 e. The predicted molar refractivity (Wildman–Crippen MR) is 117 cm³/mol. The van der Waals surface area contributed by atoms with Crippen LogP contribution in [-0.2, 0) is 0 Å². The molecule has 0 aliphatic carbocycles. The van der Waals surface area contributed by atoms with Crippen molar-refractivity contribution in [3.63, 3.8) is 0 Å². The average molecular weight is 422 g/mol. The third-order valence-electron chi connectivity index (χ3n) is 4.24. The number of benzene rings is 2. The summed E-state index contributed by atoms with van der Waals surface area (Å²) in [4.78, 5) is 21.5. The Balaban J connectivity index is 1.58. The number of ether oxygens (including phenoxy) is 1. The second-order valence-corrected chi connectivity index (χ2v) is 7.45. The fraction of sp³-hybridized carbons (Fsp3) is 0.0455. The van der Waals surface area contributed by atoms with Crippen LogP contribution in [0.4, 0.5) is 5.69 Å². The molecule has 1 amide bonds. The lowest BCUT2D eigenvalue weighted by atomic mass is 10.1. The summed E-state index contributed by atoms with van der Waals surface area (Å²) in [6, 6.07) is 16.3. The van der Waals surface area contributed by atoms with E-state index in [1.165, 1.54) is 7.11 Å². The monoisotopic (exact) mass is 421 g/mol. The lowest BCUT2D eigenvalue weighted by Crippen LogP contribution is -2.13. The molecule has 0 spiro atoms. The molecule has 0 fully saturated rings. The molecule has 0 atom stereocenters. The van der Waals surface area contributed by atoms with E-state index in [0.29, 0.717) is 22.0 Å². The third kappa shape index (κ3) is 4.29. The smallest absolute Gasteiger partial charge is 0.259 e. The molecule has 29 heavy (non-hydrogen) atoms. The van der Waals surface area contributed by atoms with Crippen molar-refractivity contribution in [3.8, 4) is 27.6 Å². The number of rotatable bonds is 5. The molecule has 4 rings (SSSR count). The summed E-state index contributed by atoms with van der Waals surface area (Å²) in [5.74, 6) is 0.166. The zero-order valence-electron chi connectivity index (χ0n) is 15.4. The van der Waals surface area contributed by atoms with Gasteiger partial charge in [0.1, 0.15) is 10.8 Å². The number of amides is 1. The number of methoxy groups -OCH3 is 1. The molecular formula is C22H16ClN3O2S. The van der Waals surface area contributed by atoms with Crippen LogP contribution in [0.15, 0.2) is 72.4 Å². The Bertz CT molecular complexity index is 1160. The lowest BCUT2D eigenvalue weighted by molar-refractivity contribution is 0.102. The van der Waals surface area contributed by atoms with E-state index in [1.54, 1.807) is 41.9 Å². The minimum atomic E-state index is -0.296. The first-order valence-corrected chi connectivity index (χ1v) is 10.0. The van der Waals surface area contributed by atoms with E-state index in [4.69, 9.17) is 21.3 Å². The molecule has 2 aromatic heterocycles. The second kappa shape index (κ2) is 8.43. The summed E-state index contributed by atoms with van der Waals surface area (Å²) in [5, 5.41) is 6.25. The quantitative estimate of drug-likeness (QED) is 0.443. The van der Waals surface area contributed by atoms with E-state index in [1.807, 2.05) is 41.8 Å². The molecule has 0 unspecified atom stereocenters. The minimum absolute atomic E-state index is 0.296. The van der Waals surface area contributed by atoms with Crippen molar-refractivity contribution in [2.75, 3.05) is 12.4 Å². The maximum absolute atomic E-state index is 12.7. The highest BCUT2D eigenvalue weighted by Gasteiger charge is 2.14. The number of anilines is 1. The second-order valence-electron chi connectivity index (χ2n) is 6.16. The van der Waals surface area contributed by atoms with E-state index < -0.39 is 0 Å². The molecule has 0 saturated heterocycles. The van der Waals surface area contributed by atoms with Crippen molar-refractivity contribution in [2.45, 2.75) is 0 Å². The van der Waals surface area contributed by atoms with Crippen LogP contribution in [-0.4, -0.2) is 23.0 Å². The molecular weight excluding hydrogens is 406 g/mol. The Labute approximate surface area is 177 Å². The van der Waals surface area contributed by atoms with Crippen molar-refractivity contribution in [2.24, 2.45) is 0 Å². The van der Waals surface area contributed by atoms with Gasteiger partial charge in [0.2, 0.25) is 0 Å². The van der Waals surface area contributed by atoms with Crippen LogP contribution in [0.25, 0.3) is 21.8 Å². The van der Waals surface area contributed by atoms with Gasteiger partial charge in [0.25, 0.3) is 5.91 Å². The summed E-state index contributed by atoms with van der Waals surface area (Å²) >= 11 is 7.58. The number of aromatic nitrogens is 2. The van der Waals surface area contributed by atoms with E-state index in [2.05, 4.69) is 10.3 Å². The number of pyridine rings is 1. The standard InChI is InChI=1S/C22H16ClN3O2S/c1-28-20-8-7-16(23)11-18(20)21(27)25-17-6-2-4-14(10-17)19-13-29-22(26-19)15-5-3-9-24-12-15/h2-13H,1H3,(H,25,27). The SMILES string of the molecule is COc1ccc(Cl)cc1C(=O)Nc1cccc(-c2csc(-c3cccnc3)n2)c1. The van der Waals surface area contributed by atoms with Gasteiger partial charge in [0, 0.05) is 39.6 Å². The van der Waals surface area contributed by atoms with Crippen LogP contribution >= 0.6 is 22.9 Å². The summed E-state index contributed by atoms with van der Waals surface area (Å²) in [7, 11) is 1.52. The molecule has 0 bridgehead atoms. The summed E-state index contributed by atoms with van der Waals surface area (Å²) < 4.78 is 5.26. The number of halogens is 1. The Morgan fingerprint density at radius 3 is 2.76 bits per heavy atom. The van der Waals surface area contributed by atoms with Crippen molar-refractivity contribution in [3.05, 3.63) is 83.0 Å². The van der Waals surface area contributed by atoms with Crippen molar-refractivity contribution < 1.29 is 9.53 Å². The zero-order valence-corrected chi connectivity index (χ0v) is 17.0. The zero-order chi connectivity index (χ0) is 20.2. The van der Waals surface area contributed by atoms with Crippen molar-refractivity contribution in [1.82, 2.24) is 9.97 Å². The highest BCUT2D eigenvalue weighted by molar-refractivity contribution is 7.13. The largest absolute Gasteiger partial charge is 0.496 e. The van der Waals surface area contributed by atoms with Gasteiger partial charge in [0.15, 0.2) is 0 Å². The van der Waals surface area contributed by atoms with Gasteiger partial charge in [0.05, 0.1) is 18.4 Å².